The van der Waals surface area contributed by atoms with E-state index >= 15 is 0 Å². The number of methoxy groups -OCH3 is 1. The Morgan fingerprint density at radius 2 is 1.88 bits per heavy atom. The molecule has 2 rings (SSSR count). The predicted molar refractivity (Wildman–Crippen MR) is 93.4 cm³/mol. The number of carbonyl (C=O) groups is 2. The van der Waals surface area contributed by atoms with Gasteiger partial charge in [-0.3, -0.25) is 9.78 Å². The van der Waals surface area contributed by atoms with Crippen LogP contribution in [0.4, 0.5) is 0 Å². The monoisotopic (exact) mass is 377 g/mol. The van der Waals surface area contributed by atoms with Gasteiger partial charge < -0.3 is 10.1 Å². The van der Waals surface area contributed by atoms with Gasteiger partial charge in [-0.2, -0.15) is 0 Å². The molecule has 26 heavy (non-hydrogen) atoms. The van der Waals surface area contributed by atoms with Crippen LogP contribution in [0.5, 0.6) is 0 Å². The van der Waals surface area contributed by atoms with Crippen LogP contribution >= 0.6 is 0 Å². The highest BCUT2D eigenvalue weighted by atomic mass is 32.2. The Morgan fingerprint density at radius 1 is 1.15 bits per heavy atom. The van der Waals surface area contributed by atoms with Crippen LogP contribution in [0, 0.1) is 0 Å². The molecule has 1 aromatic carbocycles. The van der Waals surface area contributed by atoms with Gasteiger partial charge in [0.15, 0.2) is 6.04 Å². The van der Waals surface area contributed by atoms with Crippen LogP contribution in [-0.4, -0.2) is 38.9 Å². The van der Waals surface area contributed by atoms with E-state index < -0.39 is 27.9 Å². The van der Waals surface area contributed by atoms with Crippen LogP contribution in [0.2, 0.25) is 0 Å². The first-order chi connectivity index (χ1) is 12.4. The van der Waals surface area contributed by atoms with E-state index in [0.29, 0.717) is 5.56 Å². The number of pyridine rings is 1. The topological polar surface area (TPSA) is 114 Å². The number of benzene rings is 1. The maximum atomic E-state index is 12.1. The van der Waals surface area contributed by atoms with Gasteiger partial charge in [0.25, 0.3) is 0 Å². The molecule has 0 bridgehead atoms. The number of ether oxygens (including phenoxy) is 1. The number of amides is 1. The van der Waals surface area contributed by atoms with Gasteiger partial charge >= 0.3 is 5.97 Å². The average molecular weight is 377 g/mol. The van der Waals surface area contributed by atoms with Crippen molar-refractivity contribution in [1.82, 2.24) is 15.0 Å². The van der Waals surface area contributed by atoms with E-state index in [2.05, 4.69) is 15.0 Å². The molecule has 2 aromatic rings. The number of esters is 1. The lowest BCUT2D eigenvalue weighted by Crippen LogP contribution is -2.36. The first-order valence-corrected chi connectivity index (χ1v) is 9.24. The molecule has 0 fully saturated rings. The van der Waals surface area contributed by atoms with Gasteiger partial charge in [-0.1, -0.05) is 24.3 Å². The van der Waals surface area contributed by atoms with Crippen molar-refractivity contribution < 1.29 is 22.7 Å². The van der Waals surface area contributed by atoms with Gasteiger partial charge in [-0.25, -0.2) is 17.9 Å². The Balaban J connectivity index is 1.93. The maximum absolute atomic E-state index is 12.1. The largest absolute Gasteiger partial charge is 0.467 e. The van der Waals surface area contributed by atoms with Crippen LogP contribution in [0.25, 0.3) is 0 Å². The highest BCUT2D eigenvalue weighted by molar-refractivity contribution is 7.89. The number of carbonyl (C=O) groups excluding carboxylic acids is 2. The zero-order valence-corrected chi connectivity index (χ0v) is 14.9. The van der Waals surface area contributed by atoms with Crippen molar-refractivity contribution in [1.29, 1.82) is 0 Å². The van der Waals surface area contributed by atoms with Crippen LogP contribution < -0.4 is 10.0 Å². The number of nitrogens with zero attached hydrogens (tertiary/aromatic N) is 1. The summed E-state index contributed by atoms with van der Waals surface area (Å²) in [5.41, 5.74) is 0.470. The fraction of sp³-hybridized carbons (Fsp3) is 0.235. The SMILES string of the molecule is COC(=O)C(NC(=O)CCNS(=O)(=O)c1ccccc1)c1cccnc1. The lowest BCUT2D eigenvalue weighted by Gasteiger charge is -2.16. The highest BCUT2D eigenvalue weighted by Crippen LogP contribution is 2.13. The summed E-state index contributed by atoms with van der Waals surface area (Å²) in [5, 5.41) is 2.52. The molecular formula is C17H19N3O5S. The van der Waals surface area contributed by atoms with E-state index in [-0.39, 0.29) is 17.9 Å². The molecule has 2 N–H and O–H groups in total. The molecular weight excluding hydrogens is 358 g/mol. The van der Waals surface area contributed by atoms with Crippen LogP contribution in [-0.2, 0) is 24.3 Å². The quantitative estimate of drug-likeness (QED) is 0.657. The number of aromatic nitrogens is 1. The number of sulfonamides is 1. The Morgan fingerprint density at radius 3 is 2.50 bits per heavy atom. The lowest BCUT2D eigenvalue weighted by molar-refractivity contribution is -0.145. The fourth-order valence-electron chi connectivity index (χ4n) is 2.16. The molecule has 0 aliphatic carbocycles. The van der Waals surface area contributed by atoms with E-state index in [9.17, 15) is 18.0 Å². The second-order valence-electron chi connectivity index (χ2n) is 5.27. The summed E-state index contributed by atoms with van der Waals surface area (Å²) in [5.74, 6) is -1.14. The van der Waals surface area contributed by atoms with Crippen LogP contribution in [0.1, 0.15) is 18.0 Å². The fourth-order valence-corrected chi connectivity index (χ4v) is 3.21. The second-order valence-corrected chi connectivity index (χ2v) is 7.04. The van der Waals surface area contributed by atoms with Gasteiger partial charge in [0.1, 0.15) is 0 Å². The van der Waals surface area contributed by atoms with Crippen molar-refractivity contribution in [2.24, 2.45) is 0 Å². The molecule has 1 atom stereocenters. The molecule has 8 nitrogen and oxygen atoms in total. The molecule has 1 unspecified atom stereocenters. The van der Waals surface area contributed by atoms with Crippen LogP contribution in [0.15, 0.2) is 59.8 Å². The Kier molecular flexibility index (Phi) is 6.81. The molecule has 0 aliphatic heterocycles. The molecule has 1 heterocycles. The summed E-state index contributed by atoms with van der Waals surface area (Å²) in [4.78, 5) is 28.0. The molecule has 0 radical (unpaired) electrons. The Bertz CT molecular complexity index is 841. The standard InChI is InChI=1S/C17H19N3O5S/c1-25-17(22)16(13-6-5-10-18-12-13)20-15(21)9-11-19-26(23,24)14-7-3-2-4-8-14/h2-8,10,12,16,19H,9,11H2,1H3,(H,20,21). The predicted octanol–water partition coefficient (Wildman–Crippen LogP) is 0.780. The number of hydrogen-bond donors (Lipinski definition) is 2. The van der Waals surface area contributed by atoms with E-state index in [4.69, 9.17) is 4.74 Å². The molecule has 1 amide bonds. The lowest BCUT2D eigenvalue weighted by atomic mass is 10.1. The van der Waals surface area contributed by atoms with Crippen LogP contribution in [0.3, 0.4) is 0 Å². The maximum Gasteiger partial charge on any atom is 0.333 e. The number of rotatable bonds is 8. The summed E-state index contributed by atoms with van der Waals surface area (Å²) in [6, 6.07) is 10.1. The first-order valence-electron chi connectivity index (χ1n) is 7.76. The molecule has 1 aromatic heterocycles. The van der Waals surface area contributed by atoms with Gasteiger partial charge in [0.05, 0.1) is 12.0 Å². The minimum atomic E-state index is -3.69. The van der Waals surface area contributed by atoms with Gasteiger partial charge in [0.2, 0.25) is 15.9 Å². The van der Waals surface area contributed by atoms with E-state index in [1.54, 1.807) is 30.3 Å². The number of hydrogen-bond acceptors (Lipinski definition) is 6. The van der Waals surface area contributed by atoms with Crippen molar-refractivity contribution in [2.75, 3.05) is 13.7 Å². The number of nitrogens with one attached hydrogen (secondary N) is 2. The zero-order valence-electron chi connectivity index (χ0n) is 14.1. The molecule has 0 aliphatic rings. The van der Waals surface area contributed by atoms with E-state index in [1.807, 2.05) is 0 Å². The third-order valence-corrected chi connectivity index (χ3v) is 4.93. The van der Waals surface area contributed by atoms with Crippen molar-refractivity contribution in [3.05, 3.63) is 60.4 Å². The van der Waals surface area contributed by atoms with E-state index in [1.165, 1.54) is 31.6 Å². The summed E-state index contributed by atoms with van der Waals surface area (Å²) < 4.78 is 31.2. The molecule has 138 valence electrons. The highest BCUT2D eigenvalue weighted by Gasteiger charge is 2.23. The first kappa shape index (κ1) is 19.5. The average Bonchev–Trinajstić information content (AvgIpc) is 2.66. The summed E-state index contributed by atoms with van der Waals surface area (Å²) >= 11 is 0. The molecule has 0 saturated carbocycles. The Hall–Kier alpha value is -2.78. The smallest absolute Gasteiger partial charge is 0.333 e. The summed E-state index contributed by atoms with van der Waals surface area (Å²) in [7, 11) is -2.48. The summed E-state index contributed by atoms with van der Waals surface area (Å²) in [6.07, 6.45) is 2.85. The molecule has 0 saturated heterocycles. The van der Waals surface area contributed by atoms with Crippen molar-refractivity contribution in [3.63, 3.8) is 0 Å². The Labute approximate surface area is 151 Å². The van der Waals surface area contributed by atoms with E-state index in [0.717, 1.165) is 0 Å². The zero-order chi connectivity index (χ0) is 19.0. The van der Waals surface area contributed by atoms with Gasteiger partial charge in [-0.15, -0.1) is 0 Å². The minimum absolute atomic E-state index is 0.107. The minimum Gasteiger partial charge on any atom is -0.467 e. The third kappa shape index (κ3) is 5.36. The molecule has 0 spiro atoms. The van der Waals surface area contributed by atoms with Crippen molar-refractivity contribution in [2.45, 2.75) is 17.4 Å². The normalized spacial score (nSPS) is 12.2. The van der Waals surface area contributed by atoms with Gasteiger partial charge in [0, 0.05) is 30.9 Å². The van der Waals surface area contributed by atoms with Crippen molar-refractivity contribution >= 4 is 21.9 Å². The second kappa shape index (κ2) is 9.07. The third-order valence-electron chi connectivity index (χ3n) is 3.46. The van der Waals surface area contributed by atoms with Crippen molar-refractivity contribution in [3.8, 4) is 0 Å². The van der Waals surface area contributed by atoms with Gasteiger partial charge in [-0.05, 0) is 18.2 Å². The molecule has 9 heteroatoms. The summed E-state index contributed by atoms with van der Waals surface area (Å²) in [6.45, 7) is -0.107.